The Hall–Kier alpha value is -0.820. The van der Waals surface area contributed by atoms with Crippen molar-refractivity contribution in [2.24, 2.45) is 0 Å². The summed E-state index contributed by atoms with van der Waals surface area (Å²) in [6.07, 6.45) is 4.81. The zero-order chi connectivity index (χ0) is 13.0. The minimum atomic E-state index is 0.620. The van der Waals surface area contributed by atoms with Gasteiger partial charge in [-0.05, 0) is 34.7 Å². The van der Waals surface area contributed by atoms with E-state index >= 15 is 0 Å². The van der Waals surface area contributed by atoms with Gasteiger partial charge in [0, 0.05) is 4.47 Å². The van der Waals surface area contributed by atoms with Crippen molar-refractivity contribution in [3.05, 3.63) is 53.4 Å². The molecule has 18 heavy (non-hydrogen) atoms. The van der Waals surface area contributed by atoms with Crippen LogP contribution in [0.4, 0.5) is 0 Å². The Balaban J connectivity index is 2.30. The number of fused-ring (bicyclic) bond motifs is 1. The van der Waals surface area contributed by atoms with Gasteiger partial charge in [0.05, 0.1) is 0 Å². The number of hydrogen-bond donors (Lipinski definition) is 0. The van der Waals surface area contributed by atoms with Crippen molar-refractivity contribution in [2.45, 2.75) is 38.5 Å². The highest BCUT2D eigenvalue weighted by Crippen LogP contribution is 2.32. The second-order valence-corrected chi connectivity index (χ2v) is 5.79. The minimum absolute atomic E-state index is 0.620. The standard InChI is InChI=1S/C17H20Br/c1-3-4-5-8-13(2)14-9-6-11-16-15(14)10-7-12-17(16)18/h6-7,9-13H,1,3-5,8H2,2H3. The highest BCUT2D eigenvalue weighted by Gasteiger charge is 2.09. The number of benzene rings is 2. The van der Waals surface area contributed by atoms with Crippen LogP contribution in [0.3, 0.4) is 0 Å². The second kappa shape index (κ2) is 6.38. The molecule has 0 aliphatic carbocycles. The van der Waals surface area contributed by atoms with E-state index in [1.165, 1.54) is 40.1 Å². The van der Waals surface area contributed by atoms with Gasteiger partial charge in [-0.3, -0.25) is 0 Å². The molecule has 0 nitrogen and oxygen atoms in total. The van der Waals surface area contributed by atoms with Crippen molar-refractivity contribution in [3.8, 4) is 0 Å². The van der Waals surface area contributed by atoms with E-state index in [1.54, 1.807) is 0 Å². The Morgan fingerprint density at radius 2 is 1.78 bits per heavy atom. The first-order valence-electron chi connectivity index (χ1n) is 6.70. The molecule has 2 aromatic rings. The summed E-state index contributed by atoms with van der Waals surface area (Å²) in [5, 5.41) is 2.70. The molecule has 0 aromatic heterocycles. The van der Waals surface area contributed by atoms with Crippen molar-refractivity contribution in [2.75, 3.05) is 0 Å². The largest absolute Gasteiger partial charge is 0.0613 e. The fourth-order valence-electron chi connectivity index (χ4n) is 2.51. The van der Waals surface area contributed by atoms with Crippen LogP contribution in [-0.2, 0) is 0 Å². The summed E-state index contributed by atoms with van der Waals surface area (Å²) in [6, 6.07) is 13.1. The molecule has 0 heterocycles. The maximum Gasteiger partial charge on any atom is 0.0253 e. The molecule has 0 aliphatic rings. The first-order chi connectivity index (χ1) is 8.74. The Morgan fingerprint density at radius 1 is 1.06 bits per heavy atom. The van der Waals surface area contributed by atoms with E-state index in [4.69, 9.17) is 0 Å². The average molecular weight is 304 g/mol. The molecule has 0 spiro atoms. The summed E-state index contributed by atoms with van der Waals surface area (Å²) in [6.45, 7) is 6.24. The van der Waals surface area contributed by atoms with Gasteiger partial charge in [0.25, 0.3) is 0 Å². The molecular weight excluding hydrogens is 284 g/mol. The van der Waals surface area contributed by atoms with Gasteiger partial charge in [-0.25, -0.2) is 0 Å². The lowest BCUT2D eigenvalue weighted by Crippen LogP contribution is -1.95. The third-order valence-corrected chi connectivity index (χ3v) is 4.26. The first kappa shape index (κ1) is 13.6. The van der Waals surface area contributed by atoms with E-state index in [0.717, 1.165) is 6.42 Å². The molecule has 95 valence electrons. The number of hydrogen-bond acceptors (Lipinski definition) is 0. The molecule has 0 fully saturated rings. The van der Waals surface area contributed by atoms with E-state index in [1.807, 2.05) is 0 Å². The summed E-state index contributed by atoms with van der Waals surface area (Å²) in [4.78, 5) is 0. The van der Waals surface area contributed by atoms with Gasteiger partial charge in [0.2, 0.25) is 0 Å². The summed E-state index contributed by atoms with van der Waals surface area (Å²) in [5.74, 6) is 0.620. The molecule has 0 amide bonds. The van der Waals surface area contributed by atoms with Gasteiger partial charge in [-0.15, -0.1) is 0 Å². The van der Waals surface area contributed by atoms with E-state index in [2.05, 4.69) is 66.2 Å². The average Bonchev–Trinajstić information content (AvgIpc) is 2.39. The van der Waals surface area contributed by atoms with Gasteiger partial charge in [-0.1, -0.05) is 79.4 Å². The monoisotopic (exact) mass is 303 g/mol. The Kier molecular flexibility index (Phi) is 4.82. The highest BCUT2D eigenvalue weighted by molar-refractivity contribution is 9.10. The van der Waals surface area contributed by atoms with Gasteiger partial charge in [0.1, 0.15) is 0 Å². The lowest BCUT2D eigenvalue weighted by atomic mass is 9.91. The molecule has 2 rings (SSSR count). The molecule has 0 bridgehead atoms. The Labute approximate surface area is 119 Å². The fourth-order valence-corrected chi connectivity index (χ4v) is 3.01. The van der Waals surface area contributed by atoms with Gasteiger partial charge in [-0.2, -0.15) is 0 Å². The van der Waals surface area contributed by atoms with E-state index in [9.17, 15) is 0 Å². The maximum absolute atomic E-state index is 3.91. The lowest BCUT2D eigenvalue weighted by molar-refractivity contribution is 0.611. The van der Waals surface area contributed by atoms with Crippen LogP contribution in [0.5, 0.6) is 0 Å². The van der Waals surface area contributed by atoms with Crippen molar-refractivity contribution < 1.29 is 0 Å². The predicted octanol–water partition coefficient (Wildman–Crippen LogP) is 6.10. The Morgan fingerprint density at radius 3 is 2.56 bits per heavy atom. The summed E-state index contributed by atoms with van der Waals surface area (Å²) >= 11 is 3.64. The molecule has 0 N–H and O–H groups in total. The third-order valence-electron chi connectivity index (χ3n) is 3.57. The fraction of sp³-hybridized carbons (Fsp3) is 0.353. The SMILES string of the molecule is [CH2]CCCCC(C)c1cccc2c(Br)cccc12. The van der Waals surface area contributed by atoms with Crippen molar-refractivity contribution >= 4 is 26.7 Å². The molecule has 1 unspecified atom stereocenters. The summed E-state index contributed by atoms with van der Waals surface area (Å²) in [7, 11) is 0. The van der Waals surface area contributed by atoms with Crippen LogP contribution in [0, 0.1) is 6.92 Å². The van der Waals surface area contributed by atoms with E-state index in [0.29, 0.717) is 5.92 Å². The lowest BCUT2D eigenvalue weighted by Gasteiger charge is -2.15. The smallest absolute Gasteiger partial charge is 0.0253 e. The summed E-state index contributed by atoms with van der Waals surface area (Å²) < 4.78 is 1.19. The molecule has 1 heteroatoms. The molecule has 2 aromatic carbocycles. The zero-order valence-electron chi connectivity index (χ0n) is 11.0. The third kappa shape index (κ3) is 2.95. The van der Waals surface area contributed by atoms with Crippen LogP contribution in [0.1, 0.15) is 44.1 Å². The van der Waals surface area contributed by atoms with E-state index in [-0.39, 0.29) is 0 Å². The summed E-state index contributed by atoms with van der Waals surface area (Å²) in [5.41, 5.74) is 1.47. The zero-order valence-corrected chi connectivity index (χ0v) is 12.5. The molecule has 1 atom stereocenters. The van der Waals surface area contributed by atoms with Gasteiger partial charge < -0.3 is 0 Å². The normalized spacial score (nSPS) is 12.8. The van der Waals surface area contributed by atoms with Crippen molar-refractivity contribution in [1.29, 1.82) is 0 Å². The predicted molar refractivity (Wildman–Crippen MR) is 83.9 cm³/mol. The first-order valence-corrected chi connectivity index (χ1v) is 7.49. The molecular formula is C17H20Br. The van der Waals surface area contributed by atoms with Crippen LogP contribution in [0.15, 0.2) is 40.9 Å². The van der Waals surface area contributed by atoms with Gasteiger partial charge >= 0.3 is 0 Å². The number of rotatable bonds is 5. The second-order valence-electron chi connectivity index (χ2n) is 4.93. The molecule has 0 saturated heterocycles. The van der Waals surface area contributed by atoms with Crippen LogP contribution in [-0.4, -0.2) is 0 Å². The number of halogens is 1. The van der Waals surface area contributed by atoms with Crippen LogP contribution in [0.2, 0.25) is 0 Å². The minimum Gasteiger partial charge on any atom is -0.0613 e. The van der Waals surface area contributed by atoms with E-state index < -0.39 is 0 Å². The van der Waals surface area contributed by atoms with Crippen LogP contribution in [0.25, 0.3) is 10.8 Å². The highest BCUT2D eigenvalue weighted by atomic mass is 79.9. The quantitative estimate of drug-likeness (QED) is 0.585. The van der Waals surface area contributed by atoms with Crippen LogP contribution < -0.4 is 0 Å². The topological polar surface area (TPSA) is 0 Å². The Bertz CT molecular complexity index is 516. The maximum atomic E-state index is 3.91. The molecule has 0 aliphatic heterocycles. The molecule has 0 saturated carbocycles. The van der Waals surface area contributed by atoms with Crippen molar-refractivity contribution in [1.82, 2.24) is 0 Å². The number of unbranched alkanes of at least 4 members (excludes halogenated alkanes) is 2. The molecule has 1 radical (unpaired) electrons. The van der Waals surface area contributed by atoms with Crippen LogP contribution >= 0.6 is 15.9 Å². The van der Waals surface area contributed by atoms with Crippen molar-refractivity contribution in [3.63, 3.8) is 0 Å². The van der Waals surface area contributed by atoms with Gasteiger partial charge in [0.15, 0.2) is 0 Å².